The van der Waals surface area contributed by atoms with E-state index in [1.165, 1.54) is 0 Å². The SMILES string of the molecule is Cc1ccccc1Nc1cncc(C(=O)N2CCCC2)c1. The molecule has 1 saturated heterocycles. The van der Waals surface area contributed by atoms with Gasteiger partial charge < -0.3 is 10.2 Å². The average molecular weight is 281 g/mol. The first kappa shape index (κ1) is 13.6. The minimum Gasteiger partial charge on any atom is -0.354 e. The van der Waals surface area contributed by atoms with Gasteiger partial charge in [-0.15, -0.1) is 0 Å². The smallest absolute Gasteiger partial charge is 0.255 e. The molecule has 0 radical (unpaired) electrons. The van der Waals surface area contributed by atoms with Crippen molar-refractivity contribution in [3.8, 4) is 0 Å². The third-order valence-corrected chi connectivity index (χ3v) is 3.80. The predicted molar refractivity (Wildman–Crippen MR) is 83.8 cm³/mol. The number of nitrogens with one attached hydrogen (secondary N) is 1. The summed E-state index contributed by atoms with van der Waals surface area (Å²) in [6, 6.07) is 9.94. The molecule has 4 nitrogen and oxygen atoms in total. The fourth-order valence-electron chi connectivity index (χ4n) is 2.60. The van der Waals surface area contributed by atoms with Gasteiger partial charge in [-0.05, 0) is 37.5 Å². The summed E-state index contributed by atoms with van der Waals surface area (Å²) in [5.74, 6) is 0.0773. The molecule has 1 amide bonds. The molecule has 0 spiro atoms. The van der Waals surface area contributed by atoms with Crippen LogP contribution in [0.4, 0.5) is 11.4 Å². The first-order valence-corrected chi connectivity index (χ1v) is 7.31. The first-order chi connectivity index (χ1) is 10.2. The number of anilines is 2. The molecule has 21 heavy (non-hydrogen) atoms. The molecule has 1 aliphatic rings. The molecule has 0 aliphatic carbocycles. The monoisotopic (exact) mass is 281 g/mol. The van der Waals surface area contributed by atoms with E-state index in [1.807, 2.05) is 29.2 Å². The van der Waals surface area contributed by atoms with Crippen LogP contribution < -0.4 is 5.32 Å². The fraction of sp³-hybridized carbons (Fsp3) is 0.294. The van der Waals surface area contributed by atoms with Gasteiger partial charge in [-0.3, -0.25) is 9.78 Å². The van der Waals surface area contributed by atoms with Crippen LogP contribution >= 0.6 is 0 Å². The highest BCUT2D eigenvalue weighted by Crippen LogP contribution is 2.21. The van der Waals surface area contributed by atoms with Gasteiger partial charge in [-0.1, -0.05) is 18.2 Å². The number of nitrogens with zero attached hydrogens (tertiary/aromatic N) is 2. The van der Waals surface area contributed by atoms with E-state index in [1.54, 1.807) is 12.4 Å². The van der Waals surface area contributed by atoms with Gasteiger partial charge in [0.2, 0.25) is 0 Å². The zero-order valence-electron chi connectivity index (χ0n) is 12.2. The Labute approximate surface area is 124 Å². The first-order valence-electron chi connectivity index (χ1n) is 7.31. The van der Waals surface area contributed by atoms with Crippen molar-refractivity contribution < 1.29 is 4.79 Å². The summed E-state index contributed by atoms with van der Waals surface area (Å²) >= 11 is 0. The van der Waals surface area contributed by atoms with Gasteiger partial charge in [0.15, 0.2) is 0 Å². The highest BCUT2D eigenvalue weighted by molar-refractivity contribution is 5.95. The maximum Gasteiger partial charge on any atom is 0.255 e. The molecule has 0 saturated carbocycles. The zero-order chi connectivity index (χ0) is 14.7. The second-order valence-corrected chi connectivity index (χ2v) is 5.40. The van der Waals surface area contributed by atoms with Gasteiger partial charge in [0.05, 0.1) is 17.4 Å². The molecule has 1 aliphatic heterocycles. The molecular weight excluding hydrogens is 262 g/mol. The lowest BCUT2D eigenvalue weighted by molar-refractivity contribution is 0.0792. The van der Waals surface area contributed by atoms with E-state index in [0.717, 1.165) is 42.9 Å². The standard InChI is InChI=1S/C17H19N3O/c1-13-6-2-3-7-16(13)19-15-10-14(11-18-12-15)17(21)20-8-4-5-9-20/h2-3,6-7,10-12,19H,4-5,8-9H2,1H3. The summed E-state index contributed by atoms with van der Waals surface area (Å²) in [4.78, 5) is 18.5. The number of hydrogen-bond acceptors (Lipinski definition) is 3. The van der Waals surface area contributed by atoms with E-state index in [0.29, 0.717) is 5.56 Å². The molecule has 0 atom stereocenters. The molecule has 108 valence electrons. The minimum absolute atomic E-state index is 0.0773. The fourth-order valence-corrected chi connectivity index (χ4v) is 2.60. The molecule has 1 aromatic carbocycles. The largest absolute Gasteiger partial charge is 0.354 e. The Morgan fingerprint density at radius 3 is 2.71 bits per heavy atom. The number of para-hydroxylation sites is 1. The Morgan fingerprint density at radius 2 is 1.95 bits per heavy atom. The van der Waals surface area contributed by atoms with E-state index in [2.05, 4.69) is 23.3 Å². The number of pyridine rings is 1. The predicted octanol–water partition coefficient (Wildman–Crippen LogP) is 3.37. The lowest BCUT2D eigenvalue weighted by Crippen LogP contribution is -2.27. The molecular formula is C17H19N3O. The average Bonchev–Trinajstić information content (AvgIpc) is 3.03. The Bertz CT molecular complexity index is 648. The van der Waals surface area contributed by atoms with E-state index >= 15 is 0 Å². The number of rotatable bonds is 3. The lowest BCUT2D eigenvalue weighted by atomic mass is 10.2. The van der Waals surface area contributed by atoms with Crippen LogP contribution in [0.1, 0.15) is 28.8 Å². The van der Waals surface area contributed by atoms with Crippen molar-refractivity contribution in [3.05, 3.63) is 53.9 Å². The summed E-state index contributed by atoms with van der Waals surface area (Å²) in [6.07, 6.45) is 5.58. The van der Waals surface area contributed by atoms with Crippen LogP contribution in [0.15, 0.2) is 42.7 Å². The van der Waals surface area contributed by atoms with Crippen molar-refractivity contribution in [1.82, 2.24) is 9.88 Å². The highest BCUT2D eigenvalue weighted by atomic mass is 16.2. The Hall–Kier alpha value is -2.36. The second kappa shape index (κ2) is 5.95. The summed E-state index contributed by atoms with van der Waals surface area (Å²) in [5.41, 5.74) is 3.68. The van der Waals surface area contributed by atoms with Gasteiger partial charge in [-0.25, -0.2) is 0 Å². The summed E-state index contributed by atoms with van der Waals surface area (Å²) < 4.78 is 0. The molecule has 2 heterocycles. The minimum atomic E-state index is 0.0773. The van der Waals surface area contributed by atoms with Crippen LogP contribution in [0.25, 0.3) is 0 Å². The van der Waals surface area contributed by atoms with E-state index in [4.69, 9.17) is 0 Å². The molecule has 1 aromatic heterocycles. The molecule has 1 fully saturated rings. The molecule has 4 heteroatoms. The van der Waals surface area contributed by atoms with Crippen LogP contribution in [0.3, 0.4) is 0 Å². The van der Waals surface area contributed by atoms with Gasteiger partial charge in [0.25, 0.3) is 5.91 Å². The number of carbonyl (C=O) groups is 1. The summed E-state index contributed by atoms with van der Waals surface area (Å²) in [7, 11) is 0. The third-order valence-electron chi connectivity index (χ3n) is 3.80. The topological polar surface area (TPSA) is 45.2 Å². The normalized spacial score (nSPS) is 14.2. The number of aromatic nitrogens is 1. The number of likely N-dealkylation sites (tertiary alicyclic amines) is 1. The lowest BCUT2D eigenvalue weighted by Gasteiger charge is -2.16. The molecule has 2 aromatic rings. The maximum absolute atomic E-state index is 12.4. The van der Waals surface area contributed by atoms with Crippen molar-refractivity contribution >= 4 is 17.3 Å². The van der Waals surface area contributed by atoms with Crippen molar-refractivity contribution in [1.29, 1.82) is 0 Å². The number of carbonyl (C=O) groups excluding carboxylic acids is 1. The quantitative estimate of drug-likeness (QED) is 0.938. The Balaban J connectivity index is 1.80. The number of hydrogen-bond donors (Lipinski definition) is 1. The summed E-state index contributed by atoms with van der Waals surface area (Å²) in [6.45, 7) is 3.76. The van der Waals surface area contributed by atoms with Crippen molar-refractivity contribution in [2.75, 3.05) is 18.4 Å². The van der Waals surface area contributed by atoms with Crippen molar-refractivity contribution in [3.63, 3.8) is 0 Å². The van der Waals surface area contributed by atoms with Crippen LogP contribution in [0.2, 0.25) is 0 Å². The number of aryl methyl sites for hydroxylation is 1. The zero-order valence-corrected chi connectivity index (χ0v) is 12.2. The molecule has 0 bridgehead atoms. The van der Waals surface area contributed by atoms with Crippen LogP contribution in [0.5, 0.6) is 0 Å². The van der Waals surface area contributed by atoms with Gasteiger partial charge >= 0.3 is 0 Å². The van der Waals surface area contributed by atoms with Gasteiger partial charge in [0.1, 0.15) is 0 Å². The van der Waals surface area contributed by atoms with Gasteiger partial charge in [-0.2, -0.15) is 0 Å². The van der Waals surface area contributed by atoms with Crippen LogP contribution in [-0.4, -0.2) is 28.9 Å². The van der Waals surface area contributed by atoms with Crippen LogP contribution in [0, 0.1) is 6.92 Å². The van der Waals surface area contributed by atoms with E-state index < -0.39 is 0 Å². The molecule has 3 rings (SSSR count). The van der Waals surface area contributed by atoms with E-state index in [9.17, 15) is 4.79 Å². The van der Waals surface area contributed by atoms with Crippen molar-refractivity contribution in [2.24, 2.45) is 0 Å². The highest BCUT2D eigenvalue weighted by Gasteiger charge is 2.19. The third kappa shape index (κ3) is 3.05. The second-order valence-electron chi connectivity index (χ2n) is 5.40. The maximum atomic E-state index is 12.4. The van der Waals surface area contributed by atoms with E-state index in [-0.39, 0.29) is 5.91 Å². The number of amides is 1. The molecule has 0 unspecified atom stereocenters. The van der Waals surface area contributed by atoms with Crippen molar-refractivity contribution in [2.45, 2.75) is 19.8 Å². The molecule has 1 N–H and O–H groups in total. The summed E-state index contributed by atoms with van der Waals surface area (Å²) in [5, 5.41) is 3.32. The Kier molecular flexibility index (Phi) is 3.86. The van der Waals surface area contributed by atoms with Gasteiger partial charge in [0, 0.05) is 25.0 Å². The number of benzene rings is 1. The Morgan fingerprint density at radius 1 is 1.19 bits per heavy atom. The van der Waals surface area contributed by atoms with Crippen LogP contribution in [-0.2, 0) is 0 Å².